The van der Waals surface area contributed by atoms with E-state index in [4.69, 9.17) is 0 Å². The fraction of sp³-hybridized carbons (Fsp3) is 0.824. The summed E-state index contributed by atoms with van der Waals surface area (Å²) in [4.78, 5) is 14.1. The van der Waals surface area contributed by atoms with E-state index < -0.39 is 0 Å². The number of carbonyl (C=O) groups excluding carboxylic acids is 1. The van der Waals surface area contributed by atoms with Gasteiger partial charge in [0.15, 0.2) is 0 Å². The smallest absolute Gasteiger partial charge is 0.222 e. The van der Waals surface area contributed by atoms with Gasteiger partial charge in [0, 0.05) is 20.0 Å². The molecule has 1 amide bonds. The topological polar surface area (TPSA) is 32.3 Å². The van der Waals surface area contributed by atoms with E-state index in [-0.39, 0.29) is 0 Å². The fourth-order valence-corrected chi connectivity index (χ4v) is 2.95. The third-order valence-corrected chi connectivity index (χ3v) is 4.51. The molecule has 1 atom stereocenters. The Hall–Kier alpha value is -0.830. The summed E-state index contributed by atoms with van der Waals surface area (Å²) < 4.78 is 0. The number of allylic oxidation sites excluding steroid dienone is 1. The Morgan fingerprint density at radius 3 is 2.70 bits per heavy atom. The number of carbonyl (C=O) groups is 1. The summed E-state index contributed by atoms with van der Waals surface area (Å²) in [7, 11) is 1.95. The van der Waals surface area contributed by atoms with E-state index in [0.29, 0.717) is 18.2 Å². The predicted molar refractivity (Wildman–Crippen MR) is 85.7 cm³/mol. The molecule has 1 unspecified atom stereocenters. The average Bonchev–Trinajstić information content (AvgIpc) is 2.47. The number of rotatable bonds is 9. The minimum Gasteiger partial charge on any atom is -0.346 e. The van der Waals surface area contributed by atoms with Gasteiger partial charge in [-0.25, -0.2) is 0 Å². The van der Waals surface area contributed by atoms with Crippen LogP contribution in [0.3, 0.4) is 0 Å². The Bertz CT molecular complexity index is 285. The van der Waals surface area contributed by atoms with Crippen LogP contribution in [-0.4, -0.2) is 37.5 Å². The molecule has 20 heavy (non-hydrogen) atoms. The van der Waals surface area contributed by atoms with Crippen LogP contribution in [0, 0.1) is 11.8 Å². The average molecular weight is 280 g/mol. The second-order valence-corrected chi connectivity index (χ2v) is 6.22. The van der Waals surface area contributed by atoms with Gasteiger partial charge in [-0.1, -0.05) is 19.4 Å². The van der Waals surface area contributed by atoms with Crippen molar-refractivity contribution in [1.82, 2.24) is 10.2 Å². The van der Waals surface area contributed by atoms with Crippen LogP contribution in [0.15, 0.2) is 12.7 Å². The summed E-state index contributed by atoms with van der Waals surface area (Å²) in [6.45, 7) is 9.10. The molecule has 1 aliphatic rings. The van der Waals surface area contributed by atoms with Gasteiger partial charge in [0.1, 0.15) is 0 Å². The molecule has 1 aliphatic heterocycles. The highest BCUT2D eigenvalue weighted by Gasteiger charge is 2.23. The predicted octanol–water partition coefficient (Wildman–Crippen LogP) is 3.22. The van der Waals surface area contributed by atoms with E-state index in [1.54, 1.807) is 0 Å². The van der Waals surface area contributed by atoms with Crippen molar-refractivity contribution in [1.29, 1.82) is 0 Å². The van der Waals surface area contributed by atoms with E-state index in [2.05, 4.69) is 18.8 Å². The zero-order chi connectivity index (χ0) is 14.8. The largest absolute Gasteiger partial charge is 0.346 e. The molecule has 3 heteroatoms. The number of nitrogens with one attached hydrogen (secondary N) is 1. The van der Waals surface area contributed by atoms with Gasteiger partial charge in [-0.3, -0.25) is 4.79 Å². The van der Waals surface area contributed by atoms with Crippen molar-refractivity contribution in [3.05, 3.63) is 12.7 Å². The van der Waals surface area contributed by atoms with Gasteiger partial charge in [-0.15, -0.1) is 6.58 Å². The molecule has 1 saturated heterocycles. The van der Waals surface area contributed by atoms with Crippen molar-refractivity contribution in [2.24, 2.45) is 11.8 Å². The summed E-state index contributed by atoms with van der Waals surface area (Å²) in [6, 6.07) is 0. The zero-order valence-electron chi connectivity index (χ0n) is 13.4. The molecule has 1 fully saturated rings. The summed E-state index contributed by atoms with van der Waals surface area (Å²) in [5.41, 5.74) is 0. The van der Waals surface area contributed by atoms with Crippen LogP contribution in [0.1, 0.15) is 51.9 Å². The summed E-state index contributed by atoms with van der Waals surface area (Å²) in [5, 5.41) is 3.39. The van der Waals surface area contributed by atoms with Crippen molar-refractivity contribution in [2.45, 2.75) is 51.9 Å². The van der Waals surface area contributed by atoms with E-state index >= 15 is 0 Å². The molecular weight excluding hydrogens is 248 g/mol. The normalized spacial score (nSPS) is 17.7. The number of hydrogen-bond donors (Lipinski definition) is 1. The summed E-state index contributed by atoms with van der Waals surface area (Å²) in [6.07, 6.45) is 9.70. The van der Waals surface area contributed by atoms with Crippen LogP contribution in [-0.2, 0) is 4.79 Å². The molecule has 0 aromatic carbocycles. The molecule has 0 aliphatic carbocycles. The third-order valence-electron chi connectivity index (χ3n) is 4.51. The first-order valence-electron chi connectivity index (χ1n) is 8.20. The molecule has 1 N–H and O–H groups in total. The molecule has 1 rings (SSSR count). The van der Waals surface area contributed by atoms with Crippen LogP contribution < -0.4 is 5.32 Å². The van der Waals surface area contributed by atoms with Crippen LogP contribution in [0.2, 0.25) is 0 Å². The van der Waals surface area contributed by atoms with Crippen LogP contribution in [0.5, 0.6) is 0 Å². The van der Waals surface area contributed by atoms with Gasteiger partial charge in [0.05, 0.1) is 0 Å². The first kappa shape index (κ1) is 17.2. The van der Waals surface area contributed by atoms with Crippen LogP contribution in [0.25, 0.3) is 0 Å². The second-order valence-electron chi connectivity index (χ2n) is 6.22. The summed E-state index contributed by atoms with van der Waals surface area (Å²) in [5.74, 6) is 1.56. The van der Waals surface area contributed by atoms with Crippen molar-refractivity contribution in [3.8, 4) is 0 Å². The third kappa shape index (κ3) is 6.56. The maximum atomic E-state index is 12.2. The van der Waals surface area contributed by atoms with Gasteiger partial charge in [0.25, 0.3) is 0 Å². The van der Waals surface area contributed by atoms with E-state index in [9.17, 15) is 4.79 Å². The van der Waals surface area contributed by atoms with Crippen molar-refractivity contribution in [3.63, 3.8) is 0 Å². The first-order valence-corrected chi connectivity index (χ1v) is 8.20. The lowest BCUT2D eigenvalue weighted by molar-refractivity contribution is -0.131. The standard InChI is InChI=1S/C17H32N2O/c1-4-5-6-7-8-13-19(3)17(20)14-15(2)16-9-11-18-12-10-16/h4,15-16,18H,1,5-14H2,2-3H3. The molecule has 0 aromatic rings. The van der Waals surface area contributed by atoms with Crippen molar-refractivity contribution in [2.75, 3.05) is 26.7 Å². The highest BCUT2D eigenvalue weighted by atomic mass is 16.2. The number of hydrogen-bond acceptors (Lipinski definition) is 2. The molecule has 0 bridgehead atoms. The van der Waals surface area contributed by atoms with Crippen molar-refractivity contribution < 1.29 is 4.79 Å². The Morgan fingerprint density at radius 2 is 2.05 bits per heavy atom. The van der Waals surface area contributed by atoms with E-state index in [0.717, 1.165) is 38.4 Å². The zero-order valence-corrected chi connectivity index (χ0v) is 13.4. The number of piperidine rings is 1. The van der Waals surface area contributed by atoms with Gasteiger partial charge >= 0.3 is 0 Å². The molecule has 116 valence electrons. The Kier molecular flexibility index (Phi) is 8.59. The lowest BCUT2D eigenvalue weighted by Crippen LogP contribution is -2.34. The highest BCUT2D eigenvalue weighted by Crippen LogP contribution is 2.24. The van der Waals surface area contributed by atoms with E-state index in [1.165, 1.54) is 25.7 Å². The maximum Gasteiger partial charge on any atom is 0.222 e. The minimum absolute atomic E-state index is 0.319. The van der Waals surface area contributed by atoms with Gasteiger partial charge in [-0.2, -0.15) is 0 Å². The van der Waals surface area contributed by atoms with Crippen LogP contribution in [0.4, 0.5) is 0 Å². The second kappa shape index (κ2) is 9.98. The Labute approximate surface area is 124 Å². The lowest BCUT2D eigenvalue weighted by atomic mass is 9.84. The molecular formula is C17H32N2O. The lowest BCUT2D eigenvalue weighted by Gasteiger charge is -2.29. The molecule has 3 nitrogen and oxygen atoms in total. The molecule has 0 radical (unpaired) electrons. The maximum absolute atomic E-state index is 12.2. The highest BCUT2D eigenvalue weighted by molar-refractivity contribution is 5.76. The fourth-order valence-electron chi connectivity index (χ4n) is 2.95. The quantitative estimate of drug-likeness (QED) is 0.519. The first-order chi connectivity index (χ1) is 9.65. The van der Waals surface area contributed by atoms with Gasteiger partial charge < -0.3 is 10.2 Å². The number of unbranched alkanes of at least 4 members (excludes halogenated alkanes) is 3. The SMILES string of the molecule is C=CCCCCCN(C)C(=O)CC(C)C1CCNCC1. The van der Waals surface area contributed by atoms with E-state index in [1.807, 2.05) is 18.0 Å². The summed E-state index contributed by atoms with van der Waals surface area (Å²) >= 11 is 0. The molecule has 1 heterocycles. The van der Waals surface area contributed by atoms with Crippen LogP contribution >= 0.6 is 0 Å². The van der Waals surface area contributed by atoms with Gasteiger partial charge in [0.2, 0.25) is 5.91 Å². The number of amides is 1. The molecule has 0 saturated carbocycles. The Morgan fingerprint density at radius 1 is 1.35 bits per heavy atom. The monoisotopic (exact) mass is 280 g/mol. The van der Waals surface area contributed by atoms with Gasteiger partial charge in [-0.05, 0) is 57.0 Å². The molecule has 0 aromatic heterocycles. The Balaban J connectivity index is 2.17. The number of nitrogens with zero attached hydrogens (tertiary/aromatic N) is 1. The van der Waals surface area contributed by atoms with Crippen molar-refractivity contribution >= 4 is 5.91 Å². The minimum atomic E-state index is 0.319. The molecule has 0 spiro atoms.